The molecule has 0 amide bonds. The topological polar surface area (TPSA) is 87.5 Å². The van der Waals surface area contributed by atoms with E-state index in [1.165, 1.54) is 23.5 Å². The summed E-state index contributed by atoms with van der Waals surface area (Å²) in [6.07, 6.45) is 2.25. The number of fused-ring (bicyclic) bond motifs is 1. The minimum Gasteiger partial charge on any atom is -0.507 e. The summed E-state index contributed by atoms with van der Waals surface area (Å²) in [5.74, 6) is 0.0231. The lowest BCUT2D eigenvalue weighted by molar-refractivity contribution is 0.466. The van der Waals surface area contributed by atoms with Crippen molar-refractivity contribution in [2.24, 2.45) is 0 Å². The number of phenols is 1. The Labute approximate surface area is 144 Å². The highest BCUT2D eigenvalue weighted by Gasteiger charge is 2.20. The second-order valence-corrected chi connectivity index (χ2v) is 8.00. The van der Waals surface area contributed by atoms with Crippen molar-refractivity contribution >= 4 is 31.7 Å². The molecule has 1 aromatic heterocycles. The Balaban J connectivity index is 2.21. The summed E-state index contributed by atoms with van der Waals surface area (Å²) in [6.45, 7) is 2.01. The summed E-state index contributed by atoms with van der Waals surface area (Å²) in [5.41, 5.74) is 1.61. The van der Waals surface area contributed by atoms with Gasteiger partial charge in [0.05, 0.1) is 20.7 Å². The molecule has 3 rings (SSSR count). The first kappa shape index (κ1) is 16.9. The van der Waals surface area contributed by atoms with E-state index in [0.29, 0.717) is 22.6 Å². The second-order valence-electron chi connectivity index (χ2n) is 5.54. The highest BCUT2D eigenvalue weighted by atomic mass is 32.2. The van der Waals surface area contributed by atoms with Crippen LogP contribution in [0.1, 0.15) is 25.3 Å². The van der Waals surface area contributed by atoms with Gasteiger partial charge in [0.15, 0.2) is 0 Å². The predicted molar refractivity (Wildman–Crippen MR) is 95.1 cm³/mol. The molecule has 0 radical (unpaired) electrons. The van der Waals surface area contributed by atoms with Crippen molar-refractivity contribution in [3.63, 3.8) is 0 Å². The van der Waals surface area contributed by atoms with Crippen LogP contribution in [0.2, 0.25) is 0 Å². The summed E-state index contributed by atoms with van der Waals surface area (Å²) < 4.78 is 33.5. The van der Waals surface area contributed by atoms with Gasteiger partial charge < -0.3 is 5.11 Å². The molecule has 0 fully saturated rings. The molecule has 24 heavy (non-hydrogen) atoms. The van der Waals surface area contributed by atoms with Crippen LogP contribution in [0.3, 0.4) is 0 Å². The van der Waals surface area contributed by atoms with Gasteiger partial charge in [0.25, 0.3) is 10.1 Å². The average Bonchev–Trinajstić information content (AvgIpc) is 2.96. The van der Waals surface area contributed by atoms with E-state index in [4.69, 9.17) is 0 Å². The Morgan fingerprint density at radius 3 is 2.62 bits per heavy atom. The molecule has 2 aromatic carbocycles. The van der Waals surface area contributed by atoms with E-state index in [9.17, 15) is 18.1 Å². The number of phenolic OH excluding ortho intramolecular Hbond substituents is 1. The van der Waals surface area contributed by atoms with E-state index in [0.717, 1.165) is 23.1 Å². The van der Waals surface area contributed by atoms with Crippen LogP contribution in [0.15, 0.2) is 41.3 Å². The molecule has 126 valence electrons. The number of para-hydroxylation sites is 1. The van der Waals surface area contributed by atoms with Crippen LogP contribution in [-0.4, -0.2) is 23.1 Å². The number of unbranched alkanes of at least 4 members (excludes halogenated alkanes) is 1. The fourth-order valence-corrected chi connectivity index (χ4v) is 4.06. The normalized spacial score (nSPS) is 11.9. The number of aromatic nitrogens is 1. The van der Waals surface area contributed by atoms with Crippen LogP contribution >= 0.6 is 11.3 Å². The van der Waals surface area contributed by atoms with Crippen LogP contribution in [-0.2, 0) is 16.5 Å². The van der Waals surface area contributed by atoms with Gasteiger partial charge >= 0.3 is 0 Å². The Morgan fingerprint density at radius 1 is 1.21 bits per heavy atom. The Bertz CT molecular complexity index is 960. The highest BCUT2D eigenvalue weighted by molar-refractivity contribution is 7.85. The maximum atomic E-state index is 11.6. The van der Waals surface area contributed by atoms with Gasteiger partial charge in [0.1, 0.15) is 10.8 Å². The number of rotatable bonds is 5. The van der Waals surface area contributed by atoms with Gasteiger partial charge in [-0.1, -0.05) is 25.5 Å². The third-order valence-corrected chi connectivity index (χ3v) is 5.69. The molecule has 0 aliphatic carbocycles. The molecule has 1 heterocycles. The summed E-state index contributed by atoms with van der Waals surface area (Å²) >= 11 is 1.37. The molecular formula is C17H17NO4S2. The lowest BCUT2D eigenvalue weighted by Gasteiger charge is -2.10. The number of thiazole rings is 1. The van der Waals surface area contributed by atoms with Crippen molar-refractivity contribution in [1.82, 2.24) is 4.98 Å². The minimum atomic E-state index is -4.36. The quantitative estimate of drug-likeness (QED) is 0.661. The standard InChI is InChI=1S/C17H17NO4S2/c1-2-3-6-11-9-12(24(20,21)22)10-13(16(11)19)17-18-14-7-4-5-8-15(14)23-17/h4-5,7-10,19H,2-3,6H2,1H3,(H,20,21,22). The molecule has 0 aliphatic rings. The van der Waals surface area contributed by atoms with Gasteiger partial charge in [-0.3, -0.25) is 4.55 Å². The van der Waals surface area contributed by atoms with Crippen LogP contribution in [0, 0.1) is 0 Å². The van der Waals surface area contributed by atoms with E-state index >= 15 is 0 Å². The molecule has 0 saturated heterocycles. The van der Waals surface area contributed by atoms with Gasteiger partial charge in [-0.15, -0.1) is 11.3 Å². The van der Waals surface area contributed by atoms with E-state index in [-0.39, 0.29) is 10.6 Å². The number of nitrogens with zero attached hydrogens (tertiary/aromatic N) is 1. The van der Waals surface area contributed by atoms with Crippen LogP contribution < -0.4 is 0 Å². The first-order valence-electron chi connectivity index (χ1n) is 7.59. The van der Waals surface area contributed by atoms with Crippen molar-refractivity contribution in [2.75, 3.05) is 0 Å². The largest absolute Gasteiger partial charge is 0.507 e. The third kappa shape index (κ3) is 3.28. The van der Waals surface area contributed by atoms with Crippen LogP contribution in [0.4, 0.5) is 0 Å². The third-order valence-electron chi connectivity index (χ3n) is 3.78. The van der Waals surface area contributed by atoms with E-state index in [1.54, 1.807) is 0 Å². The molecule has 0 unspecified atom stereocenters. The maximum Gasteiger partial charge on any atom is 0.294 e. The zero-order chi connectivity index (χ0) is 17.3. The molecule has 0 bridgehead atoms. The second kappa shape index (κ2) is 6.51. The lowest BCUT2D eigenvalue weighted by Crippen LogP contribution is -2.01. The molecular weight excluding hydrogens is 346 g/mol. The molecule has 2 N–H and O–H groups in total. The Morgan fingerprint density at radius 2 is 1.96 bits per heavy atom. The maximum absolute atomic E-state index is 11.6. The monoisotopic (exact) mass is 363 g/mol. The summed E-state index contributed by atoms with van der Waals surface area (Å²) in [4.78, 5) is 4.25. The first-order valence-corrected chi connectivity index (χ1v) is 9.85. The molecule has 0 aliphatic heterocycles. The Hall–Kier alpha value is -1.96. The van der Waals surface area contributed by atoms with Crippen molar-refractivity contribution in [3.8, 4) is 16.3 Å². The molecule has 0 atom stereocenters. The smallest absolute Gasteiger partial charge is 0.294 e. The number of aryl methyl sites for hydroxylation is 1. The number of benzene rings is 2. The molecule has 0 saturated carbocycles. The van der Waals surface area contributed by atoms with Crippen molar-refractivity contribution in [1.29, 1.82) is 0 Å². The molecule has 3 aromatic rings. The molecule has 5 nitrogen and oxygen atoms in total. The number of aromatic hydroxyl groups is 1. The van der Waals surface area contributed by atoms with E-state index in [1.807, 2.05) is 31.2 Å². The molecule has 7 heteroatoms. The minimum absolute atomic E-state index is 0.0231. The molecule has 0 spiro atoms. The zero-order valence-corrected chi connectivity index (χ0v) is 14.7. The Kier molecular flexibility index (Phi) is 4.58. The summed E-state index contributed by atoms with van der Waals surface area (Å²) in [6, 6.07) is 10.1. The van der Waals surface area contributed by atoms with Gasteiger partial charge in [0, 0.05) is 0 Å². The first-order chi connectivity index (χ1) is 11.4. The SMILES string of the molecule is CCCCc1cc(S(=O)(=O)O)cc(-c2nc3ccccc3s2)c1O. The van der Waals surface area contributed by atoms with Gasteiger partial charge in [-0.25, -0.2) is 4.98 Å². The number of hydrogen-bond donors (Lipinski definition) is 2. The summed E-state index contributed by atoms with van der Waals surface area (Å²) in [7, 11) is -4.36. The van der Waals surface area contributed by atoms with Crippen molar-refractivity contribution < 1.29 is 18.1 Å². The van der Waals surface area contributed by atoms with Gasteiger partial charge in [-0.2, -0.15) is 8.42 Å². The lowest BCUT2D eigenvalue weighted by atomic mass is 10.0. The summed E-state index contributed by atoms with van der Waals surface area (Å²) in [5, 5.41) is 11.1. The number of hydrogen-bond acceptors (Lipinski definition) is 5. The van der Waals surface area contributed by atoms with Gasteiger partial charge in [-0.05, 0) is 42.7 Å². The average molecular weight is 363 g/mol. The van der Waals surface area contributed by atoms with E-state index < -0.39 is 10.1 Å². The van der Waals surface area contributed by atoms with Crippen LogP contribution in [0.25, 0.3) is 20.8 Å². The van der Waals surface area contributed by atoms with Crippen molar-refractivity contribution in [3.05, 3.63) is 42.0 Å². The zero-order valence-electron chi connectivity index (χ0n) is 13.1. The highest BCUT2D eigenvalue weighted by Crippen LogP contribution is 2.39. The van der Waals surface area contributed by atoms with Gasteiger partial charge in [0.2, 0.25) is 0 Å². The van der Waals surface area contributed by atoms with Crippen molar-refractivity contribution in [2.45, 2.75) is 31.1 Å². The fourth-order valence-electron chi connectivity index (χ4n) is 2.52. The fraction of sp³-hybridized carbons (Fsp3) is 0.235. The van der Waals surface area contributed by atoms with Crippen LogP contribution in [0.5, 0.6) is 5.75 Å². The predicted octanol–water partition coefficient (Wildman–Crippen LogP) is 4.26. The van der Waals surface area contributed by atoms with E-state index in [2.05, 4.69) is 4.98 Å².